The van der Waals surface area contributed by atoms with Gasteiger partial charge in [-0.15, -0.1) is 0 Å². The van der Waals surface area contributed by atoms with E-state index in [1.165, 1.54) is 25.0 Å². The van der Waals surface area contributed by atoms with Crippen LogP contribution < -0.4 is 5.32 Å². The molecule has 0 spiro atoms. The fourth-order valence-corrected chi connectivity index (χ4v) is 3.16. The summed E-state index contributed by atoms with van der Waals surface area (Å²) < 4.78 is 13.7. The average Bonchev–Trinajstić information content (AvgIpc) is 2.39. The van der Waals surface area contributed by atoms with Gasteiger partial charge in [-0.2, -0.15) is 0 Å². The van der Waals surface area contributed by atoms with Crippen molar-refractivity contribution < 1.29 is 9.31 Å². The van der Waals surface area contributed by atoms with Gasteiger partial charge in [0.15, 0.2) is 0 Å². The van der Waals surface area contributed by atoms with E-state index in [0.29, 0.717) is 18.4 Å². The zero-order valence-corrected chi connectivity index (χ0v) is 13.0. The molecule has 4 nitrogen and oxygen atoms in total. The summed E-state index contributed by atoms with van der Waals surface area (Å²) in [6.45, 7) is 2.89. The first-order valence-electron chi connectivity index (χ1n) is 6.84. The van der Waals surface area contributed by atoms with Crippen LogP contribution in [-0.4, -0.2) is 11.5 Å². The maximum absolute atomic E-state index is 13.5. The first kappa shape index (κ1) is 15.2. The number of nitrogens with zero attached hydrogens (tertiary/aromatic N) is 1. The molecule has 0 bridgehead atoms. The van der Waals surface area contributed by atoms with Gasteiger partial charge in [0, 0.05) is 18.7 Å². The molecule has 1 aliphatic rings. The van der Waals surface area contributed by atoms with Crippen LogP contribution in [0.3, 0.4) is 0 Å². The van der Waals surface area contributed by atoms with Crippen LogP contribution in [0.25, 0.3) is 0 Å². The number of hydrogen-bond acceptors (Lipinski definition) is 3. The number of nitro benzene ring substituents is 1. The predicted molar refractivity (Wildman–Crippen MR) is 80.4 cm³/mol. The summed E-state index contributed by atoms with van der Waals surface area (Å²) in [5, 5.41) is 14.1. The molecule has 0 amide bonds. The molecule has 1 aromatic carbocycles. The van der Waals surface area contributed by atoms with Crippen molar-refractivity contribution >= 4 is 27.3 Å². The van der Waals surface area contributed by atoms with Crippen molar-refractivity contribution in [3.8, 4) is 0 Å². The number of nitrogens with one attached hydrogen (secondary N) is 1. The molecule has 0 radical (unpaired) electrons. The summed E-state index contributed by atoms with van der Waals surface area (Å²) >= 11 is 2.98. The second kappa shape index (κ2) is 6.52. The van der Waals surface area contributed by atoms with E-state index < -0.39 is 10.7 Å². The van der Waals surface area contributed by atoms with Gasteiger partial charge >= 0.3 is 0 Å². The van der Waals surface area contributed by atoms with Gasteiger partial charge < -0.3 is 5.32 Å². The minimum absolute atomic E-state index is 0.0952. The molecule has 1 saturated carbocycles. The fourth-order valence-electron chi connectivity index (χ4n) is 2.83. The second-order valence-electron chi connectivity index (χ2n) is 5.56. The Kier molecular flexibility index (Phi) is 4.96. The highest BCUT2D eigenvalue weighted by Crippen LogP contribution is 2.33. The van der Waals surface area contributed by atoms with E-state index in [9.17, 15) is 14.5 Å². The number of anilines is 1. The lowest BCUT2D eigenvalue weighted by atomic mass is 9.82. The smallest absolute Gasteiger partial charge is 0.293 e. The first-order valence-corrected chi connectivity index (χ1v) is 7.64. The Bertz CT molecular complexity index is 510. The minimum atomic E-state index is -0.491. The summed E-state index contributed by atoms with van der Waals surface area (Å²) in [6, 6.07) is 2.40. The lowest BCUT2D eigenvalue weighted by Crippen LogP contribution is -2.21. The third-order valence-electron chi connectivity index (χ3n) is 3.86. The number of nitro groups is 1. The van der Waals surface area contributed by atoms with Gasteiger partial charge in [0.05, 0.1) is 9.40 Å². The molecule has 1 aliphatic carbocycles. The monoisotopic (exact) mass is 344 g/mol. The Balaban J connectivity index is 2.08. The zero-order chi connectivity index (χ0) is 14.7. The molecule has 0 aromatic heterocycles. The molecular formula is C14H18BrFN2O2. The van der Waals surface area contributed by atoms with Crippen molar-refractivity contribution in [2.45, 2.75) is 32.6 Å². The minimum Gasteiger partial charge on any atom is -0.379 e. The van der Waals surface area contributed by atoms with Crippen LogP contribution in [0.5, 0.6) is 0 Å². The second-order valence-corrected chi connectivity index (χ2v) is 6.41. The standard InChI is InChI=1S/C14H18BrFN2O2/c1-9-3-2-4-10(5-9)8-17-13-7-12(16)11(15)6-14(13)18(19)20/h6-7,9-10,17H,2-5,8H2,1H3. The van der Waals surface area contributed by atoms with Crippen molar-refractivity contribution in [3.05, 3.63) is 32.5 Å². The summed E-state index contributed by atoms with van der Waals surface area (Å²) in [5.74, 6) is 0.715. The van der Waals surface area contributed by atoms with Crippen molar-refractivity contribution in [2.75, 3.05) is 11.9 Å². The molecule has 0 aliphatic heterocycles. The number of hydrogen-bond donors (Lipinski definition) is 1. The van der Waals surface area contributed by atoms with Gasteiger partial charge in [-0.25, -0.2) is 4.39 Å². The Morgan fingerprint density at radius 3 is 2.90 bits per heavy atom. The van der Waals surface area contributed by atoms with Crippen molar-refractivity contribution in [3.63, 3.8) is 0 Å². The van der Waals surface area contributed by atoms with E-state index in [4.69, 9.17) is 0 Å². The van der Waals surface area contributed by atoms with E-state index >= 15 is 0 Å². The van der Waals surface area contributed by atoms with Gasteiger partial charge in [-0.05, 0) is 40.6 Å². The zero-order valence-electron chi connectivity index (χ0n) is 11.4. The van der Waals surface area contributed by atoms with Crippen LogP contribution >= 0.6 is 15.9 Å². The maximum Gasteiger partial charge on any atom is 0.293 e. The van der Waals surface area contributed by atoms with Crippen LogP contribution in [0, 0.1) is 27.8 Å². The van der Waals surface area contributed by atoms with Crippen LogP contribution in [0.2, 0.25) is 0 Å². The predicted octanol–water partition coefficient (Wildman–Crippen LogP) is 4.73. The highest BCUT2D eigenvalue weighted by Gasteiger charge is 2.21. The van der Waals surface area contributed by atoms with E-state index in [1.807, 2.05) is 0 Å². The third kappa shape index (κ3) is 3.69. The molecule has 1 N–H and O–H groups in total. The highest BCUT2D eigenvalue weighted by molar-refractivity contribution is 9.10. The Morgan fingerprint density at radius 2 is 2.25 bits per heavy atom. The first-order chi connectivity index (χ1) is 9.47. The largest absolute Gasteiger partial charge is 0.379 e. The molecule has 110 valence electrons. The van der Waals surface area contributed by atoms with Gasteiger partial charge in [0.25, 0.3) is 5.69 Å². The van der Waals surface area contributed by atoms with Crippen molar-refractivity contribution in [1.82, 2.24) is 0 Å². The summed E-state index contributed by atoms with van der Waals surface area (Å²) in [6.07, 6.45) is 4.71. The molecule has 20 heavy (non-hydrogen) atoms. The maximum atomic E-state index is 13.5. The van der Waals surface area contributed by atoms with Crippen molar-refractivity contribution in [1.29, 1.82) is 0 Å². The summed E-state index contributed by atoms with van der Waals surface area (Å²) in [7, 11) is 0. The van der Waals surface area contributed by atoms with Gasteiger partial charge in [-0.1, -0.05) is 19.8 Å². The normalized spacial score (nSPS) is 22.6. The molecule has 2 rings (SSSR count). The van der Waals surface area contributed by atoms with E-state index in [-0.39, 0.29) is 15.8 Å². The fraction of sp³-hybridized carbons (Fsp3) is 0.571. The van der Waals surface area contributed by atoms with Gasteiger partial charge in [0.2, 0.25) is 0 Å². The lowest BCUT2D eigenvalue weighted by Gasteiger charge is -2.27. The van der Waals surface area contributed by atoms with Crippen LogP contribution in [-0.2, 0) is 0 Å². The Hall–Kier alpha value is -1.17. The average molecular weight is 345 g/mol. The van der Waals surface area contributed by atoms with Crippen LogP contribution in [0.4, 0.5) is 15.8 Å². The quantitative estimate of drug-likeness (QED) is 0.634. The summed E-state index contributed by atoms with van der Waals surface area (Å²) in [4.78, 5) is 10.5. The molecule has 1 aromatic rings. The van der Waals surface area contributed by atoms with Gasteiger partial charge in [-0.3, -0.25) is 10.1 Å². The number of halogens is 2. The van der Waals surface area contributed by atoms with E-state index in [2.05, 4.69) is 28.2 Å². The van der Waals surface area contributed by atoms with Crippen LogP contribution in [0.1, 0.15) is 32.6 Å². The van der Waals surface area contributed by atoms with Crippen molar-refractivity contribution in [2.24, 2.45) is 11.8 Å². The highest BCUT2D eigenvalue weighted by atomic mass is 79.9. The number of benzene rings is 1. The Morgan fingerprint density at radius 1 is 1.50 bits per heavy atom. The number of rotatable bonds is 4. The van der Waals surface area contributed by atoms with E-state index in [1.54, 1.807) is 0 Å². The SMILES string of the molecule is CC1CCCC(CNc2cc(F)c(Br)cc2[N+](=O)[O-])C1. The third-order valence-corrected chi connectivity index (χ3v) is 4.47. The molecule has 2 atom stereocenters. The van der Waals surface area contributed by atoms with Gasteiger partial charge in [0.1, 0.15) is 11.5 Å². The van der Waals surface area contributed by atoms with E-state index in [0.717, 1.165) is 12.8 Å². The molecular weight excluding hydrogens is 327 g/mol. The molecule has 6 heteroatoms. The topological polar surface area (TPSA) is 55.2 Å². The lowest BCUT2D eigenvalue weighted by molar-refractivity contribution is -0.384. The molecule has 0 saturated heterocycles. The molecule has 2 unspecified atom stereocenters. The molecule has 1 fully saturated rings. The van der Waals surface area contributed by atoms with Crippen LogP contribution in [0.15, 0.2) is 16.6 Å². The Labute approximate surface area is 126 Å². The summed E-state index contributed by atoms with van der Waals surface area (Å²) in [5.41, 5.74) is 0.163. The molecule has 0 heterocycles.